The molecule has 1 saturated heterocycles. The molecular formula is C47H58FN5O6S. The lowest BCUT2D eigenvalue weighted by molar-refractivity contribution is -0.386. The number of sulfone groups is 1. The van der Waals surface area contributed by atoms with Crippen molar-refractivity contribution in [2.24, 2.45) is 16.2 Å². The predicted octanol–water partition coefficient (Wildman–Crippen LogP) is 9.94. The van der Waals surface area contributed by atoms with E-state index in [9.17, 15) is 18.5 Å². The van der Waals surface area contributed by atoms with E-state index in [4.69, 9.17) is 9.47 Å². The minimum atomic E-state index is -4.15. The molecule has 3 heterocycles. The lowest BCUT2D eigenvalue weighted by Crippen LogP contribution is -2.61. The number of ether oxygens (including phenoxy) is 2. The maximum atomic E-state index is 15.3. The van der Waals surface area contributed by atoms with Gasteiger partial charge in [0, 0.05) is 56.1 Å². The summed E-state index contributed by atoms with van der Waals surface area (Å²) in [5, 5.41) is 13.0. The maximum absolute atomic E-state index is 15.3. The molecule has 2 aromatic heterocycles. The number of hydrogen-bond acceptors (Lipinski definition) is 9. The summed E-state index contributed by atoms with van der Waals surface area (Å²) in [4.78, 5) is 23.7. The predicted molar refractivity (Wildman–Crippen MR) is 231 cm³/mol. The zero-order chi connectivity index (χ0) is 41.9. The molecule has 1 N–H and O–H groups in total. The molecule has 5 aliphatic carbocycles. The summed E-state index contributed by atoms with van der Waals surface area (Å²) in [5.41, 5.74) is 5.28. The number of rotatable bonds is 14. The third-order valence-electron chi connectivity index (χ3n) is 14.3. The van der Waals surface area contributed by atoms with Gasteiger partial charge in [-0.1, -0.05) is 63.3 Å². The summed E-state index contributed by atoms with van der Waals surface area (Å²) in [6, 6.07) is 15.1. The Balaban J connectivity index is 0.902. The Kier molecular flexibility index (Phi) is 10.5. The number of aromatic nitrogens is 2. The van der Waals surface area contributed by atoms with Crippen LogP contribution in [0, 0.1) is 26.4 Å². The Hall–Kier alpha value is -4.49. The van der Waals surface area contributed by atoms with Crippen molar-refractivity contribution in [3.05, 3.63) is 93.8 Å². The number of piperazine rings is 1. The van der Waals surface area contributed by atoms with Crippen LogP contribution < -0.4 is 14.4 Å². The van der Waals surface area contributed by atoms with Crippen LogP contribution in [0.25, 0.3) is 11.0 Å². The molecule has 0 spiro atoms. The highest BCUT2D eigenvalue weighted by atomic mass is 32.2. The standard InChI is InChI=1S/C47H58FN5O6S/c1-44(2)17-13-35(39(25-44)46-29-45(3,30-46)31-46)27-51-19-21-52(22-20-51)36-9-7-33(8-10-36)42(59-37-23-34-14-18-49-43(34)50-26-37)28-60(56,57)38-11-12-41(40(24-38)53(54)55)58-32-47(48)15-5-4-6-16-47/h7-12,14,18,23-24,26,42H,4-6,13,15-17,19-22,25,27-32H2,1-3H3,(H,49,50). The molecule has 1 unspecified atom stereocenters. The minimum Gasteiger partial charge on any atom is -0.483 e. The topological polar surface area (TPSA) is 131 Å². The van der Waals surface area contributed by atoms with Gasteiger partial charge in [0.15, 0.2) is 15.6 Å². The van der Waals surface area contributed by atoms with Crippen molar-refractivity contribution in [1.82, 2.24) is 14.9 Å². The highest BCUT2D eigenvalue weighted by Gasteiger charge is 2.66. The highest BCUT2D eigenvalue weighted by molar-refractivity contribution is 7.91. The van der Waals surface area contributed by atoms with Gasteiger partial charge in [0.25, 0.3) is 0 Å². The van der Waals surface area contributed by atoms with Crippen LogP contribution in [0.4, 0.5) is 15.8 Å². The number of nitrogens with zero attached hydrogens (tertiary/aromatic N) is 4. The van der Waals surface area contributed by atoms with Gasteiger partial charge >= 0.3 is 5.69 Å². The van der Waals surface area contributed by atoms with Crippen molar-refractivity contribution >= 4 is 32.2 Å². The monoisotopic (exact) mass is 839 g/mol. The third kappa shape index (κ3) is 8.28. The molecule has 60 heavy (non-hydrogen) atoms. The smallest absolute Gasteiger partial charge is 0.312 e. The number of aromatic amines is 1. The molecule has 10 rings (SSSR count). The first-order chi connectivity index (χ1) is 28.6. The fraction of sp³-hybridized carbons (Fsp3) is 0.553. The lowest BCUT2D eigenvalue weighted by atomic mass is 9.33. The molecule has 1 aliphatic heterocycles. The van der Waals surface area contributed by atoms with E-state index in [1.54, 1.807) is 29.6 Å². The normalized spacial score (nSPS) is 25.6. The van der Waals surface area contributed by atoms with E-state index >= 15 is 4.39 Å². The molecule has 6 aliphatic rings. The van der Waals surface area contributed by atoms with Crippen molar-refractivity contribution in [3.8, 4) is 11.5 Å². The molecule has 320 valence electrons. The van der Waals surface area contributed by atoms with E-state index in [0.717, 1.165) is 69.1 Å². The number of fused-ring (bicyclic) bond motifs is 1. The van der Waals surface area contributed by atoms with Crippen LogP contribution in [0.3, 0.4) is 0 Å². The molecule has 2 aromatic carbocycles. The summed E-state index contributed by atoms with van der Waals surface area (Å²) >= 11 is 0. The minimum absolute atomic E-state index is 0.157. The number of halogens is 1. The molecule has 13 heteroatoms. The van der Waals surface area contributed by atoms with Gasteiger partial charge in [-0.15, -0.1) is 0 Å². The van der Waals surface area contributed by atoms with E-state index < -0.39 is 38.0 Å². The second-order valence-electron chi connectivity index (χ2n) is 19.8. The number of nitrogens with one attached hydrogen (secondary N) is 1. The lowest BCUT2D eigenvalue weighted by Gasteiger charge is -2.72. The van der Waals surface area contributed by atoms with Crippen molar-refractivity contribution in [1.29, 1.82) is 0 Å². The van der Waals surface area contributed by atoms with Crippen LogP contribution in [-0.2, 0) is 9.84 Å². The summed E-state index contributed by atoms with van der Waals surface area (Å²) < 4.78 is 55.6. The Labute approximate surface area is 352 Å². The maximum Gasteiger partial charge on any atom is 0.312 e. The van der Waals surface area contributed by atoms with Crippen molar-refractivity contribution < 1.29 is 27.2 Å². The Morgan fingerprint density at radius 1 is 0.950 bits per heavy atom. The molecule has 0 radical (unpaired) electrons. The van der Waals surface area contributed by atoms with Gasteiger partial charge in [0.1, 0.15) is 29.8 Å². The van der Waals surface area contributed by atoms with Crippen LogP contribution >= 0.6 is 0 Å². The van der Waals surface area contributed by atoms with Crippen LogP contribution in [0.15, 0.2) is 83.0 Å². The van der Waals surface area contributed by atoms with E-state index in [1.165, 1.54) is 50.7 Å². The average molecular weight is 840 g/mol. The number of anilines is 1. The van der Waals surface area contributed by atoms with Crippen molar-refractivity contribution in [3.63, 3.8) is 0 Å². The van der Waals surface area contributed by atoms with Gasteiger partial charge in [-0.2, -0.15) is 0 Å². The molecule has 2 bridgehead atoms. The van der Waals surface area contributed by atoms with E-state index in [1.807, 2.05) is 30.3 Å². The van der Waals surface area contributed by atoms with Gasteiger partial charge in [-0.05, 0) is 110 Å². The van der Waals surface area contributed by atoms with Gasteiger partial charge < -0.3 is 19.4 Å². The molecule has 4 aromatic rings. The van der Waals surface area contributed by atoms with E-state index in [0.29, 0.717) is 46.0 Å². The number of hydrogen-bond donors (Lipinski definition) is 1. The number of nitro groups is 1. The quantitative estimate of drug-likeness (QED) is 0.0749. The first-order valence-corrected chi connectivity index (χ1v) is 23.5. The fourth-order valence-electron chi connectivity index (χ4n) is 11.2. The largest absolute Gasteiger partial charge is 0.483 e. The summed E-state index contributed by atoms with van der Waals surface area (Å²) in [5.74, 6) is -0.254. The van der Waals surface area contributed by atoms with E-state index in [2.05, 4.69) is 40.5 Å². The number of alkyl halides is 1. The number of allylic oxidation sites excluding steroid dienone is 1. The third-order valence-corrected chi connectivity index (χ3v) is 16.0. The second kappa shape index (κ2) is 15.4. The molecule has 4 saturated carbocycles. The SMILES string of the molecule is CC1(C)CCC(CN2CCN(c3ccc(C(CS(=O)(=O)c4ccc(OCC5(F)CCCCC5)c([N+](=O)[O-])c4)Oc4cnc5[nH]ccc5c4)cc3)CC2)=C(C23CC(C)(C2)C3)C1. The second-order valence-corrected chi connectivity index (χ2v) is 21.8. The molecule has 11 nitrogen and oxygen atoms in total. The van der Waals surface area contributed by atoms with Gasteiger partial charge in [-0.3, -0.25) is 15.0 Å². The molecular weight excluding hydrogens is 782 g/mol. The van der Waals surface area contributed by atoms with Crippen molar-refractivity contribution in [2.45, 2.75) is 108 Å². The summed E-state index contributed by atoms with van der Waals surface area (Å²) in [7, 11) is -4.15. The molecule has 5 fully saturated rings. The Morgan fingerprint density at radius 3 is 2.38 bits per heavy atom. The zero-order valence-corrected chi connectivity index (χ0v) is 36.0. The fourth-order valence-corrected chi connectivity index (χ4v) is 12.6. The number of benzene rings is 2. The average Bonchev–Trinajstić information content (AvgIpc) is 3.68. The molecule has 1 atom stereocenters. The summed E-state index contributed by atoms with van der Waals surface area (Å²) in [6.07, 6.45) is 13.3. The van der Waals surface area contributed by atoms with Crippen LogP contribution in [0.2, 0.25) is 0 Å². The van der Waals surface area contributed by atoms with Gasteiger partial charge in [0.05, 0.1) is 21.8 Å². The van der Waals surface area contributed by atoms with Gasteiger partial charge in [0.2, 0.25) is 0 Å². The number of H-pyrrole nitrogens is 1. The Morgan fingerprint density at radius 2 is 1.68 bits per heavy atom. The van der Waals surface area contributed by atoms with Crippen LogP contribution in [0.5, 0.6) is 11.5 Å². The van der Waals surface area contributed by atoms with Crippen LogP contribution in [0.1, 0.15) is 103 Å². The molecule has 0 amide bonds. The van der Waals surface area contributed by atoms with E-state index in [-0.39, 0.29) is 17.3 Å². The first kappa shape index (κ1) is 40.9. The van der Waals surface area contributed by atoms with Crippen molar-refractivity contribution in [2.75, 3.05) is 50.0 Å². The number of nitro benzene ring substituents is 1. The first-order valence-electron chi connectivity index (χ1n) is 21.8. The Bertz CT molecular complexity index is 2380. The zero-order valence-electron chi connectivity index (χ0n) is 35.2. The van der Waals surface area contributed by atoms with Gasteiger partial charge in [-0.25, -0.2) is 17.8 Å². The van der Waals surface area contributed by atoms with Crippen LogP contribution in [-0.4, -0.2) is 79.0 Å². The highest BCUT2D eigenvalue weighted by Crippen LogP contribution is 2.77. The number of pyridine rings is 1. The summed E-state index contributed by atoms with van der Waals surface area (Å²) in [6.45, 7) is 11.9.